The summed E-state index contributed by atoms with van der Waals surface area (Å²) in [4.78, 5) is 30.2. The van der Waals surface area contributed by atoms with Crippen molar-refractivity contribution in [1.29, 1.82) is 0 Å². The van der Waals surface area contributed by atoms with Crippen molar-refractivity contribution in [3.8, 4) is 0 Å². The molecule has 4 rings (SSSR count). The monoisotopic (exact) mass is 379 g/mol. The van der Waals surface area contributed by atoms with E-state index in [4.69, 9.17) is 4.74 Å². The van der Waals surface area contributed by atoms with Crippen LogP contribution in [0.4, 0.5) is 0 Å². The van der Waals surface area contributed by atoms with Crippen molar-refractivity contribution >= 4 is 10.9 Å². The Bertz CT molecular complexity index is 1070. The smallest absolute Gasteiger partial charge is 0.329 e. The molecule has 1 saturated heterocycles. The Hall–Kier alpha value is -2.70. The number of rotatable bonds is 4. The molecule has 1 aromatic heterocycles. The molecular weight excluding hydrogens is 354 g/mol. The number of fused-ring (bicyclic) bond motifs is 1. The van der Waals surface area contributed by atoms with Crippen LogP contribution in [0.15, 0.2) is 58.1 Å². The summed E-state index contributed by atoms with van der Waals surface area (Å²) in [7, 11) is 0. The summed E-state index contributed by atoms with van der Waals surface area (Å²) >= 11 is 0. The minimum atomic E-state index is -0.385. The van der Waals surface area contributed by atoms with Gasteiger partial charge in [0.05, 0.1) is 29.7 Å². The predicted octanol–water partition coefficient (Wildman–Crippen LogP) is 2.35. The molecule has 0 unspecified atom stereocenters. The molecular formula is C22H25N3O3. The van der Waals surface area contributed by atoms with E-state index in [-0.39, 0.29) is 30.0 Å². The van der Waals surface area contributed by atoms with E-state index in [2.05, 4.69) is 35.9 Å². The van der Waals surface area contributed by atoms with Crippen molar-refractivity contribution in [2.24, 2.45) is 0 Å². The fourth-order valence-electron chi connectivity index (χ4n) is 3.95. The van der Waals surface area contributed by atoms with E-state index in [9.17, 15) is 9.59 Å². The lowest BCUT2D eigenvalue weighted by molar-refractivity contribution is -0.0704. The molecule has 0 amide bonds. The number of nitrogens with one attached hydrogen (secondary N) is 1. The number of aromatic amines is 1. The topological polar surface area (TPSA) is 67.3 Å². The van der Waals surface area contributed by atoms with Gasteiger partial charge in [0.1, 0.15) is 0 Å². The van der Waals surface area contributed by atoms with Gasteiger partial charge in [-0.05, 0) is 37.1 Å². The van der Waals surface area contributed by atoms with E-state index < -0.39 is 0 Å². The van der Waals surface area contributed by atoms with E-state index in [0.717, 1.165) is 25.2 Å². The van der Waals surface area contributed by atoms with Crippen molar-refractivity contribution < 1.29 is 4.74 Å². The first-order valence-electron chi connectivity index (χ1n) is 9.67. The molecule has 2 heterocycles. The first-order valence-corrected chi connectivity index (χ1v) is 9.67. The molecule has 1 aliphatic rings. The number of hydrogen-bond donors (Lipinski definition) is 1. The van der Waals surface area contributed by atoms with Crippen LogP contribution in [0, 0.1) is 0 Å². The molecule has 1 aliphatic heterocycles. The van der Waals surface area contributed by atoms with Crippen LogP contribution in [-0.2, 0) is 17.8 Å². The number of nitrogens with zero attached hydrogens (tertiary/aromatic N) is 2. The first kappa shape index (κ1) is 18.7. The maximum Gasteiger partial charge on any atom is 0.329 e. The molecule has 6 nitrogen and oxygen atoms in total. The lowest BCUT2D eigenvalue weighted by Crippen LogP contribution is -2.44. The summed E-state index contributed by atoms with van der Waals surface area (Å²) in [5.74, 6) is 0. The Morgan fingerprint density at radius 2 is 1.54 bits per heavy atom. The maximum atomic E-state index is 12.7. The predicted molar refractivity (Wildman–Crippen MR) is 110 cm³/mol. The van der Waals surface area contributed by atoms with Crippen LogP contribution >= 0.6 is 0 Å². The van der Waals surface area contributed by atoms with Crippen molar-refractivity contribution in [1.82, 2.24) is 14.5 Å². The number of benzene rings is 2. The average Bonchev–Trinajstić information content (AvgIpc) is 2.66. The highest BCUT2D eigenvalue weighted by Gasteiger charge is 2.21. The normalized spacial score (nSPS) is 20.5. The van der Waals surface area contributed by atoms with Crippen LogP contribution in [0.1, 0.15) is 25.0 Å². The highest BCUT2D eigenvalue weighted by molar-refractivity contribution is 5.76. The van der Waals surface area contributed by atoms with E-state index in [1.54, 1.807) is 24.3 Å². The van der Waals surface area contributed by atoms with Gasteiger partial charge in [-0.15, -0.1) is 0 Å². The summed E-state index contributed by atoms with van der Waals surface area (Å²) in [6.07, 6.45) is 0.490. The summed E-state index contributed by atoms with van der Waals surface area (Å²) in [5, 5.41) is 0.522. The number of H-pyrrole nitrogens is 1. The highest BCUT2D eigenvalue weighted by atomic mass is 16.5. The molecule has 2 atom stereocenters. The zero-order valence-corrected chi connectivity index (χ0v) is 16.2. The summed E-state index contributed by atoms with van der Waals surface area (Å²) in [6, 6.07) is 15.2. The summed E-state index contributed by atoms with van der Waals surface area (Å²) < 4.78 is 7.04. The Balaban J connectivity index is 1.52. The van der Waals surface area contributed by atoms with Gasteiger partial charge in [-0.1, -0.05) is 36.4 Å². The van der Waals surface area contributed by atoms with Crippen molar-refractivity contribution in [3.05, 3.63) is 80.5 Å². The number of ether oxygens (including phenoxy) is 1. The van der Waals surface area contributed by atoms with Gasteiger partial charge in [0.25, 0.3) is 5.56 Å². The van der Waals surface area contributed by atoms with Crippen LogP contribution in [0.5, 0.6) is 0 Å². The van der Waals surface area contributed by atoms with Crippen LogP contribution in [0.2, 0.25) is 0 Å². The molecule has 3 aromatic rings. The standard InChI is InChI=1S/C22H25N3O3/c1-15-11-24(12-16(2)28-15)13-17-7-9-18(10-8-17)14-25-21(26)19-5-3-4-6-20(19)23-22(25)27/h3-10,15-16H,11-14H2,1-2H3,(H,23,27)/t15-,16-/m1/s1. The molecule has 0 saturated carbocycles. The van der Waals surface area contributed by atoms with Gasteiger partial charge in [-0.3, -0.25) is 14.3 Å². The van der Waals surface area contributed by atoms with Gasteiger partial charge in [-0.25, -0.2) is 4.79 Å². The van der Waals surface area contributed by atoms with E-state index in [1.165, 1.54) is 10.1 Å². The quantitative estimate of drug-likeness (QED) is 0.756. The SMILES string of the molecule is C[C@@H]1CN(Cc2ccc(Cn3c(=O)[nH]c4ccccc4c3=O)cc2)C[C@@H](C)O1. The minimum absolute atomic E-state index is 0.245. The first-order chi connectivity index (χ1) is 13.5. The zero-order chi connectivity index (χ0) is 19.7. The molecule has 0 bridgehead atoms. The number of aromatic nitrogens is 2. The third-order valence-electron chi connectivity index (χ3n) is 5.15. The molecule has 2 aromatic carbocycles. The summed E-state index contributed by atoms with van der Waals surface area (Å²) in [5.41, 5.74) is 2.06. The number of para-hydroxylation sites is 1. The van der Waals surface area contributed by atoms with Crippen LogP contribution < -0.4 is 11.2 Å². The second kappa shape index (κ2) is 7.73. The van der Waals surface area contributed by atoms with E-state index in [0.29, 0.717) is 10.9 Å². The largest absolute Gasteiger partial charge is 0.373 e. The highest BCUT2D eigenvalue weighted by Crippen LogP contribution is 2.15. The van der Waals surface area contributed by atoms with Crippen molar-refractivity contribution in [2.75, 3.05) is 13.1 Å². The van der Waals surface area contributed by atoms with Crippen molar-refractivity contribution in [2.45, 2.75) is 39.1 Å². The molecule has 1 N–H and O–H groups in total. The number of morpholine rings is 1. The molecule has 6 heteroatoms. The molecule has 1 fully saturated rings. The molecule has 0 aliphatic carbocycles. The third kappa shape index (κ3) is 3.93. The van der Waals surface area contributed by atoms with Gasteiger partial charge >= 0.3 is 5.69 Å². The zero-order valence-electron chi connectivity index (χ0n) is 16.2. The number of hydrogen-bond acceptors (Lipinski definition) is 4. The fourth-order valence-corrected chi connectivity index (χ4v) is 3.95. The Kier molecular flexibility index (Phi) is 5.15. The molecule has 0 spiro atoms. The minimum Gasteiger partial charge on any atom is -0.373 e. The Labute approximate surface area is 163 Å². The molecule has 0 radical (unpaired) electrons. The van der Waals surface area contributed by atoms with E-state index in [1.807, 2.05) is 12.1 Å². The summed E-state index contributed by atoms with van der Waals surface area (Å²) in [6.45, 7) is 7.18. The van der Waals surface area contributed by atoms with Crippen molar-refractivity contribution in [3.63, 3.8) is 0 Å². The lowest BCUT2D eigenvalue weighted by Gasteiger charge is -2.35. The molecule has 146 valence electrons. The Morgan fingerprint density at radius 3 is 2.21 bits per heavy atom. The van der Waals surface area contributed by atoms with Gasteiger partial charge in [0, 0.05) is 19.6 Å². The van der Waals surface area contributed by atoms with Gasteiger partial charge in [0.15, 0.2) is 0 Å². The van der Waals surface area contributed by atoms with E-state index >= 15 is 0 Å². The third-order valence-corrected chi connectivity index (χ3v) is 5.15. The van der Waals surface area contributed by atoms with Crippen LogP contribution in [0.25, 0.3) is 10.9 Å². The van der Waals surface area contributed by atoms with Gasteiger partial charge in [0.2, 0.25) is 0 Å². The van der Waals surface area contributed by atoms with Gasteiger partial charge < -0.3 is 9.72 Å². The average molecular weight is 379 g/mol. The lowest BCUT2D eigenvalue weighted by atomic mass is 10.1. The second-order valence-corrected chi connectivity index (χ2v) is 7.63. The fraction of sp³-hybridized carbons (Fsp3) is 0.364. The van der Waals surface area contributed by atoms with Crippen LogP contribution in [0.3, 0.4) is 0 Å². The van der Waals surface area contributed by atoms with Crippen LogP contribution in [-0.4, -0.2) is 39.7 Å². The Morgan fingerprint density at radius 1 is 0.929 bits per heavy atom. The van der Waals surface area contributed by atoms with Gasteiger partial charge in [-0.2, -0.15) is 0 Å². The maximum absolute atomic E-state index is 12.7. The second-order valence-electron chi connectivity index (χ2n) is 7.63. The molecule has 28 heavy (non-hydrogen) atoms.